The van der Waals surface area contributed by atoms with Gasteiger partial charge in [-0.2, -0.15) is 5.26 Å². The van der Waals surface area contributed by atoms with Gasteiger partial charge in [0.05, 0.1) is 0 Å². The second-order valence-corrected chi connectivity index (χ2v) is 3.88. The molecule has 1 fully saturated rings. The monoisotopic (exact) mass is 202 g/mol. The van der Waals surface area contributed by atoms with Crippen molar-refractivity contribution in [3.63, 3.8) is 0 Å². The number of hydrogen-bond acceptors (Lipinski definition) is 4. The molecule has 15 heavy (non-hydrogen) atoms. The standard InChI is InChI=1S/C11H14N4/c12-8-10-11(15-7-6-13-10)14-5-4-9-2-1-3-9/h6-7,9H,1-5H2,(H,14,15). The van der Waals surface area contributed by atoms with Crippen LogP contribution in [0.25, 0.3) is 0 Å². The second kappa shape index (κ2) is 4.74. The van der Waals surface area contributed by atoms with Gasteiger partial charge in [0.25, 0.3) is 0 Å². The molecule has 0 aromatic carbocycles. The van der Waals surface area contributed by atoms with E-state index in [1.54, 1.807) is 6.20 Å². The summed E-state index contributed by atoms with van der Waals surface area (Å²) in [7, 11) is 0. The SMILES string of the molecule is N#Cc1nccnc1NCCC1CCC1. The first-order valence-electron chi connectivity index (χ1n) is 5.35. The van der Waals surface area contributed by atoms with E-state index in [4.69, 9.17) is 5.26 Å². The summed E-state index contributed by atoms with van der Waals surface area (Å²) in [5.74, 6) is 1.49. The van der Waals surface area contributed by atoms with Gasteiger partial charge in [0, 0.05) is 18.9 Å². The zero-order chi connectivity index (χ0) is 10.5. The summed E-state index contributed by atoms with van der Waals surface area (Å²) in [5.41, 5.74) is 0.381. The topological polar surface area (TPSA) is 61.6 Å². The van der Waals surface area contributed by atoms with E-state index in [9.17, 15) is 0 Å². The largest absolute Gasteiger partial charge is 0.368 e. The van der Waals surface area contributed by atoms with Gasteiger partial charge in [-0.3, -0.25) is 0 Å². The molecule has 1 aromatic rings. The molecule has 0 atom stereocenters. The summed E-state index contributed by atoms with van der Waals surface area (Å²) in [5, 5.41) is 12.0. The van der Waals surface area contributed by atoms with Crippen LogP contribution in [0, 0.1) is 17.2 Å². The number of nitrogens with zero attached hydrogens (tertiary/aromatic N) is 3. The lowest BCUT2D eigenvalue weighted by Gasteiger charge is -2.25. The highest BCUT2D eigenvalue weighted by atomic mass is 15.0. The van der Waals surface area contributed by atoms with E-state index in [0.29, 0.717) is 11.5 Å². The highest BCUT2D eigenvalue weighted by Gasteiger charge is 2.16. The van der Waals surface area contributed by atoms with E-state index in [1.165, 1.54) is 31.9 Å². The number of aromatic nitrogens is 2. The Hall–Kier alpha value is -1.63. The van der Waals surface area contributed by atoms with Crippen LogP contribution in [0.1, 0.15) is 31.4 Å². The lowest BCUT2D eigenvalue weighted by atomic mass is 9.83. The van der Waals surface area contributed by atoms with E-state index >= 15 is 0 Å². The fourth-order valence-electron chi connectivity index (χ4n) is 1.73. The minimum atomic E-state index is 0.381. The number of nitriles is 1. The van der Waals surface area contributed by atoms with Crippen molar-refractivity contribution >= 4 is 5.82 Å². The zero-order valence-electron chi connectivity index (χ0n) is 8.61. The molecular formula is C11H14N4. The molecule has 1 aromatic heterocycles. The number of anilines is 1. The minimum absolute atomic E-state index is 0.381. The summed E-state index contributed by atoms with van der Waals surface area (Å²) in [6.07, 6.45) is 8.39. The molecule has 4 nitrogen and oxygen atoms in total. The lowest BCUT2D eigenvalue weighted by molar-refractivity contribution is 0.303. The predicted molar refractivity (Wildman–Crippen MR) is 57.2 cm³/mol. The van der Waals surface area contributed by atoms with Crippen molar-refractivity contribution in [1.29, 1.82) is 5.26 Å². The number of nitrogens with one attached hydrogen (secondary N) is 1. The summed E-state index contributed by atoms with van der Waals surface area (Å²) >= 11 is 0. The fraction of sp³-hybridized carbons (Fsp3) is 0.545. The van der Waals surface area contributed by atoms with Crippen LogP contribution < -0.4 is 5.32 Å². The first-order chi connectivity index (χ1) is 7.40. The molecular weight excluding hydrogens is 188 g/mol. The fourth-order valence-corrected chi connectivity index (χ4v) is 1.73. The molecule has 1 N–H and O–H groups in total. The molecule has 0 radical (unpaired) electrons. The average Bonchev–Trinajstić information content (AvgIpc) is 2.22. The van der Waals surface area contributed by atoms with E-state index in [2.05, 4.69) is 15.3 Å². The first-order valence-corrected chi connectivity index (χ1v) is 5.35. The Balaban J connectivity index is 1.84. The Morgan fingerprint density at radius 3 is 2.87 bits per heavy atom. The molecule has 0 saturated heterocycles. The Bertz CT molecular complexity index is 365. The van der Waals surface area contributed by atoms with Crippen molar-refractivity contribution in [1.82, 2.24) is 9.97 Å². The van der Waals surface area contributed by atoms with Crippen LogP contribution >= 0.6 is 0 Å². The van der Waals surface area contributed by atoms with Gasteiger partial charge >= 0.3 is 0 Å². The molecule has 78 valence electrons. The van der Waals surface area contributed by atoms with E-state index in [-0.39, 0.29) is 0 Å². The quantitative estimate of drug-likeness (QED) is 0.810. The van der Waals surface area contributed by atoms with Crippen LogP contribution in [0.4, 0.5) is 5.82 Å². The van der Waals surface area contributed by atoms with Gasteiger partial charge in [0.1, 0.15) is 6.07 Å². The molecule has 0 amide bonds. The molecule has 0 aliphatic heterocycles. The van der Waals surface area contributed by atoms with Crippen LogP contribution in [0.2, 0.25) is 0 Å². The third kappa shape index (κ3) is 2.44. The maximum atomic E-state index is 8.79. The Kier molecular flexibility index (Phi) is 3.13. The maximum absolute atomic E-state index is 8.79. The molecule has 1 aliphatic rings. The molecule has 0 bridgehead atoms. The summed E-state index contributed by atoms with van der Waals surface area (Å²) in [6, 6.07) is 2.03. The normalized spacial score (nSPS) is 15.4. The Morgan fingerprint density at radius 2 is 2.20 bits per heavy atom. The van der Waals surface area contributed by atoms with Crippen molar-refractivity contribution in [3.8, 4) is 6.07 Å². The van der Waals surface area contributed by atoms with E-state index in [0.717, 1.165) is 12.5 Å². The van der Waals surface area contributed by atoms with Crippen molar-refractivity contribution in [2.45, 2.75) is 25.7 Å². The molecule has 0 unspecified atom stereocenters. The van der Waals surface area contributed by atoms with Crippen molar-refractivity contribution in [2.24, 2.45) is 5.92 Å². The summed E-state index contributed by atoms with van der Waals surface area (Å²) in [4.78, 5) is 8.04. The molecule has 1 saturated carbocycles. The Morgan fingerprint density at radius 1 is 1.40 bits per heavy atom. The van der Waals surface area contributed by atoms with Gasteiger partial charge in [0.15, 0.2) is 11.5 Å². The summed E-state index contributed by atoms with van der Waals surface area (Å²) < 4.78 is 0. The second-order valence-electron chi connectivity index (χ2n) is 3.88. The minimum Gasteiger partial charge on any atom is -0.368 e. The van der Waals surface area contributed by atoms with Crippen molar-refractivity contribution < 1.29 is 0 Å². The zero-order valence-corrected chi connectivity index (χ0v) is 8.61. The third-order valence-electron chi connectivity index (χ3n) is 2.87. The van der Waals surface area contributed by atoms with Gasteiger partial charge in [-0.1, -0.05) is 19.3 Å². The molecule has 1 heterocycles. The highest BCUT2D eigenvalue weighted by Crippen LogP contribution is 2.29. The maximum Gasteiger partial charge on any atom is 0.182 e. The highest BCUT2D eigenvalue weighted by molar-refractivity contribution is 5.46. The average molecular weight is 202 g/mol. The van der Waals surface area contributed by atoms with Crippen molar-refractivity contribution in [3.05, 3.63) is 18.1 Å². The van der Waals surface area contributed by atoms with Crippen LogP contribution in [0.5, 0.6) is 0 Å². The third-order valence-corrected chi connectivity index (χ3v) is 2.87. The van der Waals surface area contributed by atoms with Gasteiger partial charge in [-0.15, -0.1) is 0 Å². The van der Waals surface area contributed by atoms with Crippen LogP contribution in [-0.2, 0) is 0 Å². The van der Waals surface area contributed by atoms with Gasteiger partial charge in [0.2, 0.25) is 0 Å². The van der Waals surface area contributed by atoms with Gasteiger partial charge < -0.3 is 5.32 Å². The number of hydrogen-bond donors (Lipinski definition) is 1. The van der Waals surface area contributed by atoms with E-state index in [1.807, 2.05) is 6.07 Å². The molecule has 4 heteroatoms. The van der Waals surface area contributed by atoms with Crippen molar-refractivity contribution in [2.75, 3.05) is 11.9 Å². The predicted octanol–water partition coefficient (Wildman–Crippen LogP) is 1.95. The molecule has 2 rings (SSSR count). The van der Waals surface area contributed by atoms with Gasteiger partial charge in [-0.25, -0.2) is 9.97 Å². The van der Waals surface area contributed by atoms with Crippen LogP contribution in [0.3, 0.4) is 0 Å². The molecule has 0 spiro atoms. The summed E-state index contributed by atoms with van der Waals surface area (Å²) in [6.45, 7) is 0.887. The van der Waals surface area contributed by atoms with Gasteiger partial charge in [-0.05, 0) is 12.3 Å². The molecule has 1 aliphatic carbocycles. The van der Waals surface area contributed by atoms with Crippen LogP contribution in [0.15, 0.2) is 12.4 Å². The first kappa shape index (κ1) is 9.91. The van der Waals surface area contributed by atoms with E-state index < -0.39 is 0 Å². The Labute approximate surface area is 89.4 Å². The lowest BCUT2D eigenvalue weighted by Crippen LogP contribution is -2.16. The smallest absolute Gasteiger partial charge is 0.182 e. The van der Waals surface area contributed by atoms with Crippen LogP contribution in [-0.4, -0.2) is 16.5 Å². The number of rotatable bonds is 4.